The van der Waals surface area contributed by atoms with Crippen molar-refractivity contribution in [1.29, 1.82) is 0 Å². The van der Waals surface area contributed by atoms with Gasteiger partial charge in [0.05, 0.1) is 11.1 Å². The average molecular weight is 226 g/mol. The first-order chi connectivity index (χ1) is 6.91. The van der Waals surface area contributed by atoms with E-state index in [0.29, 0.717) is 6.08 Å². The number of hydrogen-bond donors (Lipinski definition) is 0. The van der Waals surface area contributed by atoms with Gasteiger partial charge < -0.3 is 0 Å². The van der Waals surface area contributed by atoms with Crippen molar-refractivity contribution in [2.24, 2.45) is 0 Å². The van der Waals surface area contributed by atoms with Gasteiger partial charge in [-0.25, -0.2) is 26.3 Å². The summed E-state index contributed by atoms with van der Waals surface area (Å²) in [6.45, 7) is 2.91. The molecule has 0 aliphatic carbocycles. The molecule has 1 aromatic rings. The second-order valence-corrected chi connectivity index (χ2v) is 2.59. The Balaban J connectivity index is 3.66. The molecule has 0 aliphatic heterocycles. The summed E-state index contributed by atoms with van der Waals surface area (Å²) in [5.41, 5.74) is -3.01. The molecule has 0 spiro atoms. The van der Waals surface area contributed by atoms with Crippen molar-refractivity contribution < 1.29 is 26.3 Å². The van der Waals surface area contributed by atoms with Gasteiger partial charge in [-0.3, -0.25) is 0 Å². The fourth-order valence-electron chi connectivity index (χ4n) is 1.04. The lowest BCUT2D eigenvalue weighted by molar-refractivity contribution is 0.138. The highest BCUT2D eigenvalue weighted by Crippen LogP contribution is 2.31. The summed E-state index contributed by atoms with van der Waals surface area (Å²) < 4.78 is 75.5. The van der Waals surface area contributed by atoms with Gasteiger partial charge in [0.2, 0.25) is 0 Å². The molecule has 0 saturated heterocycles. The maximum absolute atomic E-state index is 12.9. The highest BCUT2D eigenvalue weighted by Gasteiger charge is 2.28. The Morgan fingerprint density at radius 1 is 0.867 bits per heavy atom. The van der Waals surface area contributed by atoms with Gasteiger partial charge in [0.25, 0.3) is 6.43 Å². The number of rotatable bonds is 2. The molecule has 0 nitrogen and oxygen atoms in total. The van der Waals surface area contributed by atoms with Crippen molar-refractivity contribution in [1.82, 2.24) is 0 Å². The SMILES string of the molecule is C=Cc1c(F)c(F)c(C(F)F)c(F)c1F. The van der Waals surface area contributed by atoms with E-state index in [4.69, 9.17) is 0 Å². The molecular formula is C9H4F6. The maximum atomic E-state index is 12.9. The molecule has 0 amide bonds. The lowest BCUT2D eigenvalue weighted by atomic mass is 10.1. The van der Waals surface area contributed by atoms with Crippen molar-refractivity contribution in [2.45, 2.75) is 6.43 Å². The van der Waals surface area contributed by atoms with Gasteiger partial charge in [-0.1, -0.05) is 12.7 Å². The van der Waals surface area contributed by atoms with E-state index < -0.39 is 40.8 Å². The van der Waals surface area contributed by atoms with Crippen LogP contribution in [0.3, 0.4) is 0 Å². The summed E-state index contributed by atoms with van der Waals surface area (Å²) in [6, 6.07) is 0. The summed E-state index contributed by atoms with van der Waals surface area (Å²) in [6.07, 6.45) is -3.13. The van der Waals surface area contributed by atoms with Crippen LogP contribution in [0.2, 0.25) is 0 Å². The van der Waals surface area contributed by atoms with Crippen LogP contribution in [0.5, 0.6) is 0 Å². The molecule has 0 fully saturated rings. The smallest absolute Gasteiger partial charge is 0.205 e. The summed E-state index contributed by atoms with van der Waals surface area (Å²) >= 11 is 0. The lowest BCUT2D eigenvalue weighted by Gasteiger charge is -2.08. The zero-order valence-electron chi connectivity index (χ0n) is 7.13. The van der Waals surface area contributed by atoms with Crippen molar-refractivity contribution in [2.75, 3.05) is 0 Å². The summed E-state index contributed by atoms with van der Waals surface area (Å²) in [7, 11) is 0. The molecule has 15 heavy (non-hydrogen) atoms. The highest BCUT2D eigenvalue weighted by molar-refractivity contribution is 5.50. The number of hydrogen-bond acceptors (Lipinski definition) is 0. The molecule has 6 heteroatoms. The number of benzene rings is 1. The summed E-state index contributed by atoms with van der Waals surface area (Å²) in [5, 5.41) is 0. The van der Waals surface area contributed by atoms with Gasteiger partial charge in [0.1, 0.15) is 0 Å². The zero-order valence-corrected chi connectivity index (χ0v) is 7.13. The van der Waals surface area contributed by atoms with Crippen LogP contribution in [0.15, 0.2) is 6.58 Å². The fraction of sp³-hybridized carbons (Fsp3) is 0.111. The predicted octanol–water partition coefficient (Wildman–Crippen LogP) is 3.82. The second-order valence-electron chi connectivity index (χ2n) is 2.59. The number of halogens is 6. The first kappa shape index (κ1) is 11.6. The Morgan fingerprint density at radius 3 is 1.53 bits per heavy atom. The van der Waals surface area contributed by atoms with E-state index in [0.717, 1.165) is 0 Å². The largest absolute Gasteiger partial charge is 0.269 e. The van der Waals surface area contributed by atoms with Crippen LogP contribution in [0, 0.1) is 23.3 Å². The molecule has 0 aliphatic rings. The third-order valence-corrected chi connectivity index (χ3v) is 1.75. The predicted molar refractivity (Wildman–Crippen MR) is 41.3 cm³/mol. The Hall–Kier alpha value is -1.46. The van der Waals surface area contributed by atoms with Gasteiger partial charge in [0, 0.05) is 0 Å². The van der Waals surface area contributed by atoms with Crippen LogP contribution >= 0.6 is 0 Å². The summed E-state index contributed by atoms with van der Waals surface area (Å²) in [5.74, 6) is -7.95. The van der Waals surface area contributed by atoms with Crippen molar-refractivity contribution >= 4 is 6.08 Å². The van der Waals surface area contributed by atoms with E-state index >= 15 is 0 Å². The standard InChI is InChI=1S/C9H4F6/c1-2-3-5(10)7(12)4(9(14)15)8(13)6(3)11/h2,9H,1H2. The molecule has 0 atom stereocenters. The van der Waals surface area contributed by atoms with Crippen molar-refractivity contribution in [3.63, 3.8) is 0 Å². The van der Waals surface area contributed by atoms with E-state index in [1.165, 1.54) is 0 Å². The Bertz CT molecular complexity index is 381. The van der Waals surface area contributed by atoms with Crippen LogP contribution in [-0.2, 0) is 0 Å². The molecule has 82 valence electrons. The Labute approximate surface area is 80.8 Å². The van der Waals surface area contributed by atoms with Gasteiger partial charge in [-0.15, -0.1) is 0 Å². The molecule has 0 saturated carbocycles. The van der Waals surface area contributed by atoms with Gasteiger partial charge in [-0.2, -0.15) is 0 Å². The maximum Gasteiger partial charge on any atom is 0.269 e. The topological polar surface area (TPSA) is 0 Å². The van der Waals surface area contributed by atoms with Crippen LogP contribution in [-0.4, -0.2) is 0 Å². The molecule has 0 N–H and O–H groups in total. The van der Waals surface area contributed by atoms with Crippen LogP contribution < -0.4 is 0 Å². The van der Waals surface area contributed by atoms with E-state index in [9.17, 15) is 26.3 Å². The third-order valence-electron chi connectivity index (χ3n) is 1.75. The van der Waals surface area contributed by atoms with Crippen LogP contribution in [0.25, 0.3) is 6.08 Å². The van der Waals surface area contributed by atoms with Gasteiger partial charge in [-0.05, 0) is 0 Å². The van der Waals surface area contributed by atoms with Gasteiger partial charge in [0.15, 0.2) is 23.3 Å². The van der Waals surface area contributed by atoms with Gasteiger partial charge >= 0.3 is 0 Å². The number of alkyl halides is 2. The highest BCUT2D eigenvalue weighted by atomic mass is 19.3. The normalized spacial score (nSPS) is 10.9. The Morgan fingerprint density at radius 2 is 1.27 bits per heavy atom. The van der Waals surface area contributed by atoms with Crippen LogP contribution in [0.1, 0.15) is 17.6 Å². The Kier molecular flexibility index (Phi) is 3.06. The monoisotopic (exact) mass is 226 g/mol. The lowest BCUT2D eigenvalue weighted by Crippen LogP contribution is -2.06. The molecule has 0 radical (unpaired) electrons. The van der Waals surface area contributed by atoms with Crippen molar-refractivity contribution in [3.05, 3.63) is 41.0 Å². The third kappa shape index (κ3) is 1.71. The molecule has 0 aromatic heterocycles. The minimum atomic E-state index is -3.63. The molecule has 1 rings (SSSR count). The molecule has 1 aromatic carbocycles. The summed E-state index contributed by atoms with van der Waals surface area (Å²) in [4.78, 5) is 0. The average Bonchev–Trinajstić information content (AvgIpc) is 2.16. The molecule has 0 unspecified atom stereocenters. The first-order valence-electron chi connectivity index (χ1n) is 3.68. The van der Waals surface area contributed by atoms with E-state index in [-0.39, 0.29) is 0 Å². The molecule has 0 bridgehead atoms. The van der Waals surface area contributed by atoms with E-state index in [2.05, 4.69) is 6.58 Å². The minimum Gasteiger partial charge on any atom is -0.205 e. The molecule has 0 heterocycles. The van der Waals surface area contributed by atoms with E-state index in [1.54, 1.807) is 0 Å². The molecular weight excluding hydrogens is 222 g/mol. The quantitative estimate of drug-likeness (QED) is 0.531. The first-order valence-corrected chi connectivity index (χ1v) is 3.68. The van der Waals surface area contributed by atoms with Crippen LogP contribution in [0.4, 0.5) is 26.3 Å². The minimum absolute atomic E-state index is 0.506. The second kappa shape index (κ2) is 3.96. The zero-order chi connectivity index (χ0) is 11.7. The van der Waals surface area contributed by atoms with E-state index in [1.807, 2.05) is 0 Å². The fourth-order valence-corrected chi connectivity index (χ4v) is 1.04. The van der Waals surface area contributed by atoms with Crippen molar-refractivity contribution in [3.8, 4) is 0 Å².